The number of hydrogen-bond donors (Lipinski definition) is 0. The molecular weight excluding hydrogens is 549 g/mol. The lowest BCUT2D eigenvalue weighted by atomic mass is 9.85. The van der Waals surface area contributed by atoms with Gasteiger partial charge in [0.2, 0.25) is 0 Å². The molecule has 0 saturated carbocycles. The molecule has 0 aliphatic heterocycles. The molecule has 0 fully saturated rings. The van der Waals surface area contributed by atoms with Crippen molar-refractivity contribution in [1.29, 1.82) is 0 Å². The number of rotatable bonds is 3. The van der Waals surface area contributed by atoms with Crippen LogP contribution in [0.4, 0.5) is 0 Å². The van der Waals surface area contributed by atoms with Crippen LogP contribution in [-0.2, 0) is 0 Å². The van der Waals surface area contributed by atoms with Crippen molar-refractivity contribution in [3.63, 3.8) is 0 Å². The van der Waals surface area contributed by atoms with Gasteiger partial charge in [0.1, 0.15) is 0 Å². The molecule has 1 heteroatoms. The first-order valence-electron chi connectivity index (χ1n) is 15.6. The molecule has 9 aromatic rings. The molecule has 44 heavy (non-hydrogen) atoms. The average molecular weight is 578 g/mol. The van der Waals surface area contributed by atoms with E-state index in [4.69, 9.17) is 1.37 Å². The third-order valence-electron chi connectivity index (χ3n) is 9.11. The van der Waals surface area contributed by atoms with Crippen LogP contribution in [0.25, 0.3) is 85.9 Å². The zero-order valence-corrected chi connectivity index (χ0v) is 25.1. The number of benzene rings is 8. The first kappa shape index (κ1) is 24.2. The lowest BCUT2D eigenvalue weighted by molar-refractivity contribution is 1.56. The monoisotopic (exact) mass is 577 g/mol. The standard InChI is InChI=1S/C43H28S/c1-27-9-8-16-38-39-26-32(23-24-40(39)44-43(27)38)29-17-20-30(21-18-29)41-34-12-4-6-14-36(34)42(37-15-7-5-13-35(37)41)33-22-19-28-10-2-3-11-31(28)25-33/h2-26H,1H3/i2D. The van der Waals surface area contributed by atoms with Crippen LogP contribution in [-0.4, -0.2) is 0 Å². The average Bonchev–Trinajstić information content (AvgIpc) is 3.46. The molecule has 0 nitrogen and oxygen atoms in total. The van der Waals surface area contributed by atoms with Gasteiger partial charge in [0.05, 0.1) is 1.37 Å². The van der Waals surface area contributed by atoms with E-state index in [1.807, 2.05) is 23.5 Å². The van der Waals surface area contributed by atoms with Gasteiger partial charge in [0.15, 0.2) is 0 Å². The smallest absolute Gasteiger partial charge is 0.0623 e. The predicted octanol–water partition coefficient (Wildman–Crippen LogP) is 12.8. The summed E-state index contributed by atoms with van der Waals surface area (Å²) >= 11 is 1.89. The zero-order chi connectivity index (χ0) is 30.1. The van der Waals surface area contributed by atoms with Gasteiger partial charge in [-0.3, -0.25) is 0 Å². The van der Waals surface area contributed by atoms with E-state index in [1.54, 1.807) is 0 Å². The van der Waals surface area contributed by atoms with Crippen molar-refractivity contribution in [3.8, 4) is 33.4 Å². The Morgan fingerprint density at radius 3 is 1.77 bits per heavy atom. The first-order valence-corrected chi connectivity index (χ1v) is 15.9. The van der Waals surface area contributed by atoms with Crippen molar-refractivity contribution in [2.45, 2.75) is 6.92 Å². The van der Waals surface area contributed by atoms with Crippen molar-refractivity contribution in [2.24, 2.45) is 0 Å². The molecule has 0 bridgehead atoms. The van der Waals surface area contributed by atoms with E-state index < -0.39 is 0 Å². The molecular formula is C43H28S. The summed E-state index contributed by atoms with van der Waals surface area (Å²) in [5.41, 5.74) is 8.75. The number of fused-ring (bicyclic) bond motifs is 6. The fourth-order valence-electron chi connectivity index (χ4n) is 6.98. The SMILES string of the molecule is [2H]c1ccc2cc(-c3c4ccccc4c(-c4ccc(-c5ccc6sc7c(C)cccc7c6c5)cc4)c4ccccc34)ccc2c1. The highest BCUT2D eigenvalue weighted by Gasteiger charge is 2.17. The topological polar surface area (TPSA) is 0 Å². The summed E-state index contributed by atoms with van der Waals surface area (Å²) < 4.78 is 10.8. The molecule has 0 saturated heterocycles. The Labute approximate surface area is 261 Å². The summed E-state index contributed by atoms with van der Waals surface area (Å²) in [6.45, 7) is 2.20. The second-order valence-electron chi connectivity index (χ2n) is 11.7. The fraction of sp³-hybridized carbons (Fsp3) is 0.0233. The maximum absolute atomic E-state index is 8.04. The highest BCUT2D eigenvalue weighted by molar-refractivity contribution is 7.26. The lowest BCUT2D eigenvalue weighted by Crippen LogP contribution is -1.91. The van der Waals surface area contributed by atoms with Crippen molar-refractivity contribution < 1.29 is 1.37 Å². The fourth-order valence-corrected chi connectivity index (χ4v) is 8.13. The second-order valence-corrected chi connectivity index (χ2v) is 12.7. The normalized spacial score (nSPS) is 12.1. The molecule has 1 heterocycles. The van der Waals surface area contributed by atoms with E-state index >= 15 is 0 Å². The minimum atomic E-state index is 0.539. The van der Waals surface area contributed by atoms with Crippen LogP contribution in [0.1, 0.15) is 6.93 Å². The van der Waals surface area contributed by atoms with Crippen molar-refractivity contribution in [2.75, 3.05) is 0 Å². The Bertz CT molecular complexity index is 2550. The van der Waals surface area contributed by atoms with Crippen LogP contribution in [0, 0.1) is 6.92 Å². The molecule has 8 aromatic carbocycles. The highest BCUT2D eigenvalue weighted by Crippen LogP contribution is 2.44. The molecule has 0 N–H and O–H groups in total. The Morgan fingerprint density at radius 2 is 1.05 bits per heavy atom. The van der Waals surface area contributed by atoms with E-state index in [9.17, 15) is 0 Å². The molecule has 9 rings (SSSR count). The van der Waals surface area contributed by atoms with Crippen LogP contribution in [0.5, 0.6) is 0 Å². The second kappa shape index (κ2) is 9.91. The molecule has 1 aromatic heterocycles. The van der Waals surface area contributed by atoms with Crippen LogP contribution in [0.3, 0.4) is 0 Å². The van der Waals surface area contributed by atoms with E-state index in [0.717, 1.165) is 10.8 Å². The molecule has 0 aliphatic rings. The van der Waals surface area contributed by atoms with Gasteiger partial charge in [0.25, 0.3) is 0 Å². The molecule has 0 spiro atoms. The van der Waals surface area contributed by atoms with Gasteiger partial charge in [-0.25, -0.2) is 0 Å². The van der Waals surface area contributed by atoms with E-state index in [1.165, 1.54) is 80.7 Å². The third kappa shape index (κ3) is 3.90. The quantitative estimate of drug-likeness (QED) is 0.183. The van der Waals surface area contributed by atoms with E-state index in [0.29, 0.717) is 6.04 Å². The van der Waals surface area contributed by atoms with Gasteiger partial charge in [0, 0.05) is 20.2 Å². The Hall–Kier alpha value is -5.24. The summed E-state index contributed by atoms with van der Waals surface area (Å²) in [5, 5.41) is 9.93. The molecule has 0 atom stereocenters. The van der Waals surface area contributed by atoms with Gasteiger partial charge in [-0.2, -0.15) is 0 Å². The maximum Gasteiger partial charge on any atom is 0.0623 e. The van der Waals surface area contributed by atoms with Gasteiger partial charge in [-0.1, -0.05) is 133 Å². The molecule has 0 aliphatic carbocycles. The molecule has 0 amide bonds. The number of hydrogen-bond acceptors (Lipinski definition) is 1. The predicted molar refractivity (Wildman–Crippen MR) is 193 cm³/mol. The van der Waals surface area contributed by atoms with Crippen LogP contribution >= 0.6 is 11.3 Å². The summed E-state index contributed by atoms with van der Waals surface area (Å²) in [4.78, 5) is 0. The van der Waals surface area contributed by atoms with Crippen LogP contribution in [0.2, 0.25) is 0 Å². The zero-order valence-electron chi connectivity index (χ0n) is 25.3. The molecule has 206 valence electrons. The van der Waals surface area contributed by atoms with Gasteiger partial charge in [-0.05, 0) is 96.4 Å². The summed E-state index contributed by atoms with van der Waals surface area (Å²) in [7, 11) is 0. The number of aryl methyl sites for hydroxylation is 1. The van der Waals surface area contributed by atoms with Crippen molar-refractivity contribution in [1.82, 2.24) is 0 Å². The van der Waals surface area contributed by atoms with Gasteiger partial charge in [-0.15, -0.1) is 11.3 Å². The maximum atomic E-state index is 8.04. The Kier molecular flexibility index (Phi) is 5.46. The minimum Gasteiger partial charge on any atom is -0.135 e. The Morgan fingerprint density at radius 1 is 0.432 bits per heavy atom. The van der Waals surface area contributed by atoms with Crippen molar-refractivity contribution in [3.05, 3.63) is 157 Å². The Balaban J connectivity index is 1.21. The molecule has 0 unspecified atom stereocenters. The number of thiophene rings is 1. The van der Waals surface area contributed by atoms with E-state index in [2.05, 4.69) is 140 Å². The molecule has 0 radical (unpaired) electrons. The third-order valence-corrected chi connectivity index (χ3v) is 10.4. The van der Waals surface area contributed by atoms with Crippen LogP contribution in [0.15, 0.2) is 152 Å². The minimum absolute atomic E-state index is 0.539. The summed E-state index contributed by atoms with van der Waals surface area (Å²) in [6, 6.07) is 53.3. The highest BCUT2D eigenvalue weighted by atomic mass is 32.1. The van der Waals surface area contributed by atoms with Gasteiger partial charge < -0.3 is 0 Å². The van der Waals surface area contributed by atoms with Gasteiger partial charge >= 0.3 is 0 Å². The van der Waals surface area contributed by atoms with Crippen molar-refractivity contribution >= 4 is 63.8 Å². The lowest BCUT2D eigenvalue weighted by Gasteiger charge is -2.18. The largest absolute Gasteiger partial charge is 0.135 e. The summed E-state index contributed by atoms with van der Waals surface area (Å²) in [6.07, 6.45) is 0. The summed E-state index contributed by atoms with van der Waals surface area (Å²) in [5.74, 6) is 0. The first-order chi connectivity index (χ1) is 22.1. The van der Waals surface area contributed by atoms with E-state index in [-0.39, 0.29) is 0 Å². The van der Waals surface area contributed by atoms with Crippen LogP contribution < -0.4 is 0 Å².